The molecule has 2 aromatic heterocycles. The lowest BCUT2D eigenvalue weighted by Gasteiger charge is -2.15. The number of aryl methyl sites for hydroxylation is 2. The number of halogens is 1. The molecule has 1 aromatic carbocycles. The lowest BCUT2D eigenvalue weighted by Crippen LogP contribution is -2.26. The van der Waals surface area contributed by atoms with Crippen molar-refractivity contribution >= 4 is 17.5 Å². The molecule has 154 valence electrons. The van der Waals surface area contributed by atoms with Gasteiger partial charge in [0, 0.05) is 25.3 Å². The molecule has 3 aromatic rings. The molecule has 0 atom stereocenters. The topological polar surface area (TPSA) is 60.5 Å². The predicted molar refractivity (Wildman–Crippen MR) is 112 cm³/mol. The van der Waals surface area contributed by atoms with Gasteiger partial charge in [0.2, 0.25) is 0 Å². The van der Waals surface area contributed by atoms with E-state index in [9.17, 15) is 4.79 Å². The van der Waals surface area contributed by atoms with Crippen LogP contribution >= 0.6 is 11.6 Å². The zero-order valence-electron chi connectivity index (χ0n) is 17.4. The average molecular weight is 416 g/mol. The predicted octanol–water partition coefficient (Wildman–Crippen LogP) is 4.95. The van der Waals surface area contributed by atoms with Crippen LogP contribution in [0.5, 0.6) is 5.75 Å². The number of hydrogen-bond donors (Lipinski definition) is 0. The number of hydrogen-bond acceptors (Lipinski definition) is 4. The molecule has 0 saturated heterocycles. The number of benzene rings is 1. The van der Waals surface area contributed by atoms with Crippen LogP contribution in [0.1, 0.15) is 52.9 Å². The number of rotatable bonds is 7. The highest BCUT2D eigenvalue weighted by Gasteiger charge is 2.18. The number of furan rings is 1. The van der Waals surface area contributed by atoms with Gasteiger partial charge in [0.1, 0.15) is 18.1 Å². The number of nitrogens with zero attached hydrogens (tertiary/aromatic N) is 3. The summed E-state index contributed by atoms with van der Waals surface area (Å²) in [5, 5.41) is 5.02. The summed E-state index contributed by atoms with van der Waals surface area (Å²) >= 11 is 6.25. The third-order valence-electron chi connectivity index (χ3n) is 4.67. The summed E-state index contributed by atoms with van der Waals surface area (Å²) in [7, 11) is 3.57. The molecule has 0 aliphatic rings. The van der Waals surface area contributed by atoms with Crippen LogP contribution in [0.3, 0.4) is 0 Å². The van der Waals surface area contributed by atoms with E-state index in [1.807, 2.05) is 38.4 Å². The summed E-state index contributed by atoms with van der Waals surface area (Å²) in [6, 6.07) is 9.20. The molecular weight excluding hydrogens is 390 g/mol. The van der Waals surface area contributed by atoms with Crippen LogP contribution in [0.15, 0.2) is 40.9 Å². The largest absolute Gasteiger partial charge is 0.485 e. The average Bonchev–Trinajstić information content (AvgIpc) is 3.30. The van der Waals surface area contributed by atoms with Gasteiger partial charge >= 0.3 is 0 Å². The van der Waals surface area contributed by atoms with E-state index in [0.29, 0.717) is 12.3 Å². The number of ether oxygens (including phenoxy) is 1. The molecule has 0 radical (unpaired) electrons. The maximum atomic E-state index is 12.6. The van der Waals surface area contributed by atoms with Gasteiger partial charge < -0.3 is 14.1 Å². The fourth-order valence-corrected chi connectivity index (χ4v) is 3.19. The lowest BCUT2D eigenvalue weighted by atomic mass is 10.0. The highest BCUT2D eigenvalue weighted by Crippen LogP contribution is 2.32. The molecular formula is C22H26ClN3O3. The smallest absolute Gasteiger partial charge is 0.289 e. The highest BCUT2D eigenvalue weighted by atomic mass is 35.5. The Morgan fingerprint density at radius 2 is 2.07 bits per heavy atom. The van der Waals surface area contributed by atoms with Crippen molar-refractivity contribution in [1.29, 1.82) is 0 Å². The number of carbonyl (C=O) groups excluding carboxylic acids is 1. The van der Waals surface area contributed by atoms with E-state index in [2.05, 4.69) is 18.9 Å². The standard InChI is InChI=1S/C22H26ClN3O3/c1-14(2)18-11-19(23)15(3)10-21(18)28-13-17-6-7-20(29-17)22(27)25(4)12-16-8-9-26(5)24-16/h6-11,14H,12-13H2,1-5H3. The zero-order valence-corrected chi connectivity index (χ0v) is 18.2. The Morgan fingerprint density at radius 3 is 2.72 bits per heavy atom. The second-order valence-corrected chi connectivity index (χ2v) is 7.90. The minimum Gasteiger partial charge on any atom is -0.485 e. The third kappa shape index (κ3) is 5.01. The van der Waals surface area contributed by atoms with E-state index in [1.54, 1.807) is 28.8 Å². The van der Waals surface area contributed by atoms with Gasteiger partial charge in [0.05, 0.1) is 12.2 Å². The summed E-state index contributed by atoms with van der Waals surface area (Å²) in [6.07, 6.45) is 1.85. The van der Waals surface area contributed by atoms with E-state index in [0.717, 1.165) is 27.6 Å². The minimum absolute atomic E-state index is 0.202. The van der Waals surface area contributed by atoms with Crippen molar-refractivity contribution in [2.24, 2.45) is 7.05 Å². The molecule has 0 aliphatic carbocycles. The SMILES string of the molecule is Cc1cc(OCc2ccc(C(=O)N(C)Cc3ccn(C)n3)o2)c(C(C)C)cc1Cl. The summed E-state index contributed by atoms with van der Waals surface area (Å²) in [6.45, 7) is 6.77. The summed E-state index contributed by atoms with van der Waals surface area (Å²) in [4.78, 5) is 14.2. The van der Waals surface area contributed by atoms with Crippen molar-refractivity contribution in [2.75, 3.05) is 7.05 Å². The fraction of sp³-hybridized carbons (Fsp3) is 0.364. The van der Waals surface area contributed by atoms with E-state index in [4.69, 9.17) is 20.8 Å². The first-order chi connectivity index (χ1) is 13.7. The van der Waals surface area contributed by atoms with Crippen LogP contribution in [0.2, 0.25) is 5.02 Å². The molecule has 0 unspecified atom stereocenters. The summed E-state index contributed by atoms with van der Waals surface area (Å²) in [5.74, 6) is 1.71. The normalized spacial score (nSPS) is 11.1. The van der Waals surface area contributed by atoms with Crippen LogP contribution in [0, 0.1) is 6.92 Å². The Morgan fingerprint density at radius 1 is 1.31 bits per heavy atom. The Labute approximate surface area is 176 Å². The summed E-state index contributed by atoms with van der Waals surface area (Å²) < 4.78 is 13.4. The first-order valence-corrected chi connectivity index (χ1v) is 9.88. The molecule has 1 amide bonds. The molecule has 0 N–H and O–H groups in total. The quantitative estimate of drug-likeness (QED) is 0.547. The second-order valence-electron chi connectivity index (χ2n) is 7.49. The van der Waals surface area contributed by atoms with Crippen LogP contribution in [-0.2, 0) is 20.2 Å². The molecule has 3 rings (SSSR count). The van der Waals surface area contributed by atoms with Crippen molar-refractivity contribution in [3.05, 3.63) is 69.9 Å². The fourth-order valence-electron chi connectivity index (χ4n) is 3.02. The number of aromatic nitrogens is 2. The molecule has 0 aliphatic heterocycles. The van der Waals surface area contributed by atoms with E-state index in [1.165, 1.54) is 0 Å². The zero-order chi connectivity index (χ0) is 21.1. The lowest BCUT2D eigenvalue weighted by molar-refractivity contribution is 0.0747. The Bertz CT molecular complexity index is 1010. The van der Waals surface area contributed by atoms with Gasteiger partial charge in [-0.05, 0) is 54.3 Å². The van der Waals surface area contributed by atoms with Crippen LogP contribution in [0.4, 0.5) is 0 Å². The molecule has 0 bridgehead atoms. The van der Waals surface area contributed by atoms with Crippen molar-refractivity contribution in [2.45, 2.75) is 39.8 Å². The van der Waals surface area contributed by atoms with E-state index < -0.39 is 0 Å². The first kappa shape index (κ1) is 21.0. The van der Waals surface area contributed by atoms with Crippen molar-refractivity contribution in [3.8, 4) is 5.75 Å². The van der Waals surface area contributed by atoms with Crippen LogP contribution < -0.4 is 4.74 Å². The molecule has 0 fully saturated rings. The van der Waals surface area contributed by atoms with Crippen molar-refractivity contribution in [3.63, 3.8) is 0 Å². The molecule has 6 nitrogen and oxygen atoms in total. The monoisotopic (exact) mass is 415 g/mol. The summed E-state index contributed by atoms with van der Waals surface area (Å²) in [5.41, 5.74) is 2.81. The third-order valence-corrected chi connectivity index (χ3v) is 5.08. The highest BCUT2D eigenvalue weighted by molar-refractivity contribution is 6.31. The van der Waals surface area contributed by atoms with Crippen molar-refractivity contribution < 1.29 is 13.9 Å². The molecule has 7 heteroatoms. The number of carbonyl (C=O) groups is 1. The molecule has 0 saturated carbocycles. The Hall–Kier alpha value is -2.73. The first-order valence-electron chi connectivity index (χ1n) is 9.50. The van der Waals surface area contributed by atoms with Gasteiger partial charge in [-0.3, -0.25) is 9.48 Å². The van der Waals surface area contributed by atoms with Gasteiger partial charge in [0.15, 0.2) is 5.76 Å². The van der Waals surface area contributed by atoms with Crippen LogP contribution in [-0.4, -0.2) is 27.6 Å². The molecule has 2 heterocycles. The molecule has 29 heavy (non-hydrogen) atoms. The molecule has 0 spiro atoms. The van der Waals surface area contributed by atoms with Crippen LogP contribution in [0.25, 0.3) is 0 Å². The van der Waals surface area contributed by atoms with Gasteiger partial charge in [-0.15, -0.1) is 0 Å². The van der Waals surface area contributed by atoms with Gasteiger partial charge in [-0.1, -0.05) is 25.4 Å². The van der Waals surface area contributed by atoms with Gasteiger partial charge in [0.25, 0.3) is 5.91 Å². The second kappa shape index (κ2) is 8.74. The maximum Gasteiger partial charge on any atom is 0.289 e. The number of amides is 1. The van der Waals surface area contributed by atoms with Gasteiger partial charge in [-0.2, -0.15) is 5.10 Å². The van der Waals surface area contributed by atoms with E-state index >= 15 is 0 Å². The van der Waals surface area contributed by atoms with Gasteiger partial charge in [-0.25, -0.2) is 0 Å². The Kier molecular flexibility index (Phi) is 6.33. The van der Waals surface area contributed by atoms with E-state index in [-0.39, 0.29) is 24.2 Å². The maximum absolute atomic E-state index is 12.6. The Balaban J connectivity index is 1.66. The minimum atomic E-state index is -0.202. The van der Waals surface area contributed by atoms with Crippen molar-refractivity contribution in [1.82, 2.24) is 14.7 Å².